The first-order chi connectivity index (χ1) is 6.50. The molecule has 0 aromatic rings. The number of fused-ring (bicyclic) bond motifs is 10. The van der Waals surface area contributed by atoms with Gasteiger partial charge in [-0.05, 0) is 0 Å². The van der Waals surface area contributed by atoms with E-state index in [1.165, 1.54) is 45.0 Å². The van der Waals surface area contributed by atoms with Gasteiger partial charge in [0.1, 0.15) is 0 Å². The fourth-order valence-electron chi connectivity index (χ4n) is 18.2. The molecule has 10 rings (SSSR count). The third kappa shape index (κ3) is 0.0310. The van der Waals surface area contributed by atoms with Gasteiger partial charge in [0.2, 0.25) is 0 Å². The van der Waals surface area contributed by atoms with Crippen molar-refractivity contribution in [1.29, 1.82) is 0 Å². The Morgan fingerprint density at radius 3 is 1.64 bits per heavy atom. The number of rotatable bonds is 1. The number of hydrogen-bond donors (Lipinski definition) is 1. The Kier molecular flexibility index (Phi) is 0.105. The van der Waals surface area contributed by atoms with Gasteiger partial charge in [0, 0.05) is 0 Å². The summed E-state index contributed by atoms with van der Waals surface area (Å²) in [5, 5.41) is 0. The Morgan fingerprint density at radius 2 is 1.57 bits per heavy atom. The van der Waals surface area contributed by atoms with E-state index in [4.69, 9.17) is 5.73 Å². The van der Waals surface area contributed by atoms with Gasteiger partial charge in [0.25, 0.3) is 0 Å². The van der Waals surface area contributed by atoms with E-state index in [-0.39, 0.29) is 0 Å². The second kappa shape index (κ2) is 0.309. The summed E-state index contributed by atoms with van der Waals surface area (Å²) >= 11 is 0. The Balaban J connectivity index is 2.02. The maximum atomic E-state index is 7.10. The molecule has 1 nitrogen and oxygen atoms in total. The zero-order valence-electron chi connectivity index (χ0n) is 8.26. The molecule has 10 aliphatic heterocycles. The summed E-state index contributed by atoms with van der Waals surface area (Å²) in [7, 11) is 0. The van der Waals surface area contributed by atoms with E-state index in [0.29, 0.717) is 4.44 Å². The van der Waals surface area contributed by atoms with Gasteiger partial charge in [0.05, 0.1) is 0 Å². The van der Waals surface area contributed by atoms with Crippen molar-refractivity contribution >= 4 is 0 Å². The van der Waals surface area contributed by atoms with Crippen molar-refractivity contribution in [2.24, 2.45) is 5.73 Å². The van der Waals surface area contributed by atoms with Crippen LogP contribution in [0.2, 0.25) is 42.8 Å². The topological polar surface area (TPSA) is 26.0 Å². The normalized spacial score (nSPS) is 148. The minimum absolute atomic E-state index is 0.640. The first kappa shape index (κ1) is 4.77. The molecule has 5 atom stereocenters. The van der Waals surface area contributed by atoms with Crippen LogP contribution in [0.25, 0.3) is 0 Å². The molecule has 10 saturated heterocycles. The van der Waals surface area contributed by atoms with E-state index in [1.807, 2.05) is 0 Å². The van der Waals surface area contributed by atoms with Crippen LogP contribution >= 0.6 is 0 Å². The summed E-state index contributed by atoms with van der Waals surface area (Å²) in [5.74, 6) is 0. The van der Waals surface area contributed by atoms with Gasteiger partial charge < -0.3 is 0 Å². The monoisotopic (exact) mass is 229 g/mol. The van der Waals surface area contributed by atoms with Gasteiger partial charge >= 0.3 is 72.9 Å². The van der Waals surface area contributed by atoms with Gasteiger partial charge in [-0.15, -0.1) is 0 Å². The fraction of sp³-hybridized carbons (Fsp3) is 1.00. The summed E-state index contributed by atoms with van der Waals surface area (Å²) in [6, 6.07) is 0. The third-order valence-electron chi connectivity index (χ3n) is 15.8. The molecule has 0 aliphatic carbocycles. The van der Waals surface area contributed by atoms with E-state index in [1.54, 1.807) is 0 Å². The average Bonchev–Trinajstić information content (AvgIpc) is 3.11. The van der Waals surface area contributed by atoms with Crippen LogP contribution in [0.4, 0.5) is 0 Å². The number of hydrogen-bond acceptors (Lipinski definition) is 1. The molecule has 76 valence electrons. The zero-order valence-corrected chi connectivity index (χ0v) is 9.36. The van der Waals surface area contributed by atoms with Crippen LogP contribution < -0.4 is 5.73 Å². The molecule has 10 aliphatic rings. The van der Waals surface area contributed by atoms with E-state index in [2.05, 4.69) is 6.92 Å². The van der Waals surface area contributed by atoms with Crippen molar-refractivity contribution in [2.45, 2.75) is 60.6 Å². The van der Waals surface area contributed by atoms with Crippen LogP contribution in [0.15, 0.2) is 0 Å². The molecule has 0 radical (unpaired) electrons. The summed E-state index contributed by atoms with van der Waals surface area (Å²) in [6.45, 7) is -0.383. The summed E-state index contributed by atoms with van der Waals surface area (Å²) in [5.41, 5.74) is 7.10. The molecule has 10 heterocycles. The first-order valence-corrected chi connectivity index (χ1v) is 12.7. The van der Waals surface area contributed by atoms with E-state index in [9.17, 15) is 0 Å². The van der Waals surface area contributed by atoms with Gasteiger partial charge in [-0.1, -0.05) is 0 Å². The van der Waals surface area contributed by atoms with Crippen LogP contribution in [0.1, 0.15) is 13.3 Å². The van der Waals surface area contributed by atoms with Crippen molar-refractivity contribution in [2.75, 3.05) is 0 Å². The van der Waals surface area contributed by atoms with Crippen molar-refractivity contribution in [3.05, 3.63) is 0 Å². The average molecular weight is 229 g/mol. The first-order valence-electron chi connectivity index (χ1n) is 6.50. The molecule has 0 saturated carbocycles. The van der Waals surface area contributed by atoms with Gasteiger partial charge in [0.15, 0.2) is 0 Å². The Labute approximate surface area is 73.1 Å². The van der Waals surface area contributed by atoms with Gasteiger partial charge in [-0.3, -0.25) is 0 Å². The Hall–Kier alpha value is 0.479. The van der Waals surface area contributed by atoms with Crippen LogP contribution in [-0.2, 0) is 6.51 Å². The Bertz CT molecular complexity index is 887. The molecule has 1 spiro atoms. The van der Waals surface area contributed by atoms with Gasteiger partial charge in [-0.2, -0.15) is 0 Å². The summed E-state index contributed by atoms with van der Waals surface area (Å²) < 4.78 is 1.59. The fourth-order valence-corrected chi connectivity index (χ4v) is 94.3. The molecule has 0 aromatic heterocycles. The summed E-state index contributed by atoms with van der Waals surface area (Å²) in [6.07, 6.45) is 1.53. The van der Waals surface area contributed by atoms with E-state index in [0.717, 1.165) is 4.31 Å². The van der Waals surface area contributed by atoms with Crippen molar-refractivity contribution in [1.82, 2.24) is 0 Å². The second-order valence-electron chi connectivity index (χ2n) is 10.3. The zero-order chi connectivity index (χ0) is 8.64. The third-order valence-corrected chi connectivity index (χ3v) is 59.4. The molecule has 10 fully saturated rings. The predicted octanol–water partition coefficient (Wildman–Crippen LogP) is 3.02. The maximum absolute atomic E-state index is 7.10. The van der Waals surface area contributed by atoms with Crippen molar-refractivity contribution in [3.8, 4) is 0 Å². The predicted molar refractivity (Wildman–Crippen MR) is 49.9 cm³/mol. The van der Waals surface area contributed by atoms with Crippen LogP contribution in [-0.4, -0.2) is 4.44 Å². The standard InChI is InChI=1S/C7H10N.C5H5.Fe/c1-2-6-4-3-5-7(6)8;1-2-4-5-3-1;/h3-5H,2,8H2,1H3;1-5H;. The SMILES string of the molecule is CC[C]12[CH]3[CH]4[CH]5[C]1(N)[Fe]45321678[CH]2[CH]1[CH]6[CH]7[CH]28. The van der Waals surface area contributed by atoms with Crippen LogP contribution in [0.3, 0.4) is 0 Å². The second-order valence-corrected chi connectivity index (χ2v) is 33.7. The van der Waals surface area contributed by atoms with Crippen molar-refractivity contribution < 1.29 is 6.51 Å². The molecule has 2 heteroatoms. The van der Waals surface area contributed by atoms with Crippen LogP contribution in [0, 0.1) is 0 Å². The summed E-state index contributed by atoms with van der Waals surface area (Å²) in [4.78, 5) is 11.1. The van der Waals surface area contributed by atoms with E-state index >= 15 is 0 Å². The molecule has 0 bridgehead atoms. The molecule has 14 heavy (non-hydrogen) atoms. The quantitative estimate of drug-likeness (QED) is 0.687. The Morgan fingerprint density at radius 1 is 1.00 bits per heavy atom. The van der Waals surface area contributed by atoms with E-state index < -0.39 is 6.51 Å². The van der Waals surface area contributed by atoms with Crippen molar-refractivity contribution in [3.63, 3.8) is 0 Å². The minimum atomic E-state index is -2.89. The molecule has 2 N–H and O–H groups in total. The molecule has 0 aromatic carbocycles. The van der Waals surface area contributed by atoms with Crippen LogP contribution in [0.5, 0.6) is 0 Å². The molecule has 0 amide bonds. The molecular weight excluding hydrogens is 214 g/mol. The molecule has 5 unspecified atom stereocenters. The van der Waals surface area contributed by atoms with Gasteiger partial charge in [-0.25, -0.2) is 0 Å². The number of nitrogens with two attached hydrogens (primary N) is 1. The molecular formula is C12H15FeN.